The number of rotatable bonds is 4. The predicted molar refractivity (Wildman–Crippen MR) is 208 cm³/mol. The second kappa shape index (κ2) is 11.1. The standard InChI is InChI=1S/C48H30O/c1-3-15-31(16-4-1)35-29-30-42(48-47(35)40-25-13-14-26-43(40)49-48)46-38-23-11-9-21-36(38)45(37-22-10-12-24-39(37)46)41-28-27-32-17-7-8-20-34(32)44(41)33-18-5-2-6-19-33/h1-30H. The van der Waals surface area contributed by atoms with Crippen LogP contribution in [0.1, 0.15) is 0 Å². The van der Waals surface area contributed by atoms with Crippen molar-refractivity contribution in [2.75, 3.05) is 0 Å². The Morgan fingerprint density at radius 1 is 0.286 bits per heavy atom. The number of benzene rings is 9. The second-order valence-corrected chi connectivity index (χ2v) is 12.7. The Balaban J connectivity index is 1.35. The van der Waals surface area contributed by atoms with Gasteiger partial charge in [-0.2, -0.15) is 0 Å². The van der Waals surface area contributed by atoms with Crippen molar-refractivity contribution in [2.24, 2.45) is 0 Å². The van der Waals surface area contributed by atoms with Gasteiger partial charge in [-0.1, -0.05) is 170 Å². The van der Waals surface area contributed by atoms with E-state index in [1.54, 1.807) is 0 Å². The number of fused-ring (bicyclic) bond motifs is 6. The minimum absolute atomic E-state index is 0.899. The third kappa shape index (κ3) is 4.26. The van der Waals surface area contributed by atoms with Crippen LogP contribution in [0.4, 0.5) is 0 Å². The maximum atomic E-state index is 6.84. The first-order valence-electron chi connectivity index (χ1n) is 16.9. The molecular formula is C48H30O. The average Bonchev–Trinajstić information content (AvgIpc) is 3.57. The van der Waals surface area contributed by atoms with Crippen molar-refractivity contribution in [1.29, 1.82) is 0 Å². The summed E-state index contributed by atoms with van der Waals surface area (Å²) in [4.78, 5) is 0. The first-order chi connectivity index (χ1) is 24.3. The Kier molecular flexibility index (Phi) is 6.25. The van der Waals surface area contributed by atoms with E-state index in [2.05, 4.69) is 182 Å². The molecule has 0 spiro atoms. The van der Waals surface area contributed by atoms with E-state index in [0.29, 0.717) is 0 Å². The number of hydrogen-bond donors (Lipinski definition) is 0. The smallest absolute Gasteiger partial charge is 0.143 e. The highest BCUT2D eigenvalue weighted by molar-refractivity contribution is 6.27. The van der Waals surface area contributed by atoms with Crippen LogP contribution < -0.4 is 0 Å². The van der Waals surface area contributed by atoms with Crippen molar-refractivity contribution < 1.29 is 4.42 Å². The summed E-state index contributed by atoms with van der Waals surface area (Å²) in [6, 6.07) is 65.6. The number of hydrogen-bond acceptors (Lipinski definition) is 1. The molecule has 9 aromatic carbocycles. The van der Waals surface area contributed by atoms with Gasteiger partial charge in [-0.3, -0.25) is 0 Å². The molecule has 0 saturated carbocycles. The van der Waals surface area contributed by atoms with Gasteiger partial charge in [-0.25, -0.2) is 0 Å². The minimum atomic E-state index is 0.899. The van der Waals surface area contributed by atoms with E-state index in [0.717, 1.165) is 27.5 Å². The lowest BCUT2D eigenvalue weighted by atomic mass is 9.82. The highest BCUT2D eigenvalue weighted by Gasteiger charge is 2.23. The summed E-state index contributed by atoms with van der Waals surface area (Å²) in [5, 5.41) is 9.63. The van der Waals surface area contributed by atoms with Gasteiger partial charge in [0.05, 0.1) is 0 Å². The van der Waals surface area contributed by atoms with Crippen LogP contribution in [0.15, 0.2) is 186 Å². The molecule has 0 aliphatic carbocycles. The van der Waals surface area contributed by atoms with E-state index in [4.69, 9.17) is 4.42 Å². The van der Waals surface area contributed by atoms with Crippen LogP contribution in [0, 0.1) is 0 Å². The molecule has 1 aromatic heterocycles. The molecule has 0 amide bonds. The molecule has 0 aliphatic rings. The van der Waals surface area contributed by atoms with Gasteiger partial charge in [0.25, 0.3) is 0 Å². The maximum Gasteiger partial charge on any atom is 0.143 e. The highest BCUT2D eigenvalue weighted by atomic mass is 16.3. The van der Waals surface area contributed by atoms with E-state index in [9.17, 15) is 0 Å². The van der Waals surface area contributed by atoms with Crippen molar-refractivity contribution in [3.8, 4) is 44.5 Å². The van der Waals surface area contributed by atoms with Crippen LogP contribution in [0.3, 0.4) is 0 Å². The molecule has 0 atom stereocenters. The van der Waals surface area contributed by atoms with Gasteiger partial charge in [-0.15, -0.1) is 0 Å². The first kappa shape index (κ1) is 27.7. The Labute approximate surface area is 284 Å². The third-order valence-corrected chi connectivity index (χ3v) is 10.1. The van der Waals surface area contributed by atoms with Gasteiger partial charge in [0.15, 0.2) is 0 Å². The van der Waals surface area contributed by atoms with Crippen LogP contribution in [-0.2, 0) is 0 Å². The second-order valence-electron chi connectivity index (χ2n) is 12.7. The summed E-state index contributed by atoms with van der Waals surface area (Å²) in [6.45, 7) is 0. The molecule has 0 saturated heterocycles. The zero-order chi connectivity index (χ0) is 32.3. The van der Waals surface area contributed by atoms with Crippen molar-refractivity contribution >= 4 is 54.3 Å². The molecule has 1 heterocycles. The lowest BCUT2D eigenvalue weighted by molar-refractivity contribution is 0.670. The molecule has 0 bridgehead atoms. The van der Waals surface area contributed by atoms with Crippen LogP contribution in [0.25, 0.3) is 98.8 Å². The van der Waals surface area contributed by atoms with Gasteiger partial charge in [0, 0.05) is 21.9 Å². The monoisotopic (exact) mass is 622 g/mol. The molecule has 0 N–H and O–H groups in total. The van der Waals surface area contributed by atoms with E-state index in [1.807, 2.05) is 0 Å². The normalized spacial score (nSPS) is 11.7. The number of furan rings is 1. The summed E-state index contributed by atoms with van der Waals surface area (Å²) in [6.07, 6.45) is 0. The van der Waals surface area contributed by atoms with Gasteiger partial charge in [0.2, 0.25) is 0 Å². The van der Waals surface area contributed by atoms with E-state index in [1.165, 1.54) is 71.3 Å². The number of para-hydroxylation sites is 1. The van der Waals surface area contributed by atoms with Crippen LogP contribution in [-0.4, -0.2) is 0 Å². The molecule has 0 unspecified atom stereocenters. The summed E-state index contributed by atoms with van der Waals surface area (Å²) < 4.78 is 6.84. The topological polar surface area (TPSA) is 13.1 Å². The Bertz CT molecular complexity index is 2800. The average molecular weight is 623 g/mol. The lowest BCUT2D eigenvalue weighted by Gasteiger charge is -2.21. The molecule has 1 nitrogen and oxygen atoms in total. The fourth-order valence-corrected chi connectivity index (χ4v) is 7.99. The molecule has 0 aliphatic heterocycles. The maximum absolute atomic E-state index is 6.84. The van der Waals surface area contributed by atoms with Crippen molar-refractivity contribution in [1.82, 2.24) is 0 Å². The first-order valence-corrected chi connectivity index (χ1v) is 16.9. The van der Waals surface area contributed by atoms with Crippen LogP contribution in [0.2, 0.25) is 0 Å². The van der Waals surface area contributed by atoms with Gasteiger partial charge in [-0.05, 0) is 77.8 Å². The Hall–Kier alpha value is -6.44. The minimum Gasteiger partial charge on any atom is -0.455 e. The van der Waals surface area contributed by atoms with Gasteiger partial charge < -0.3 is 4.42 Å². The SMILES string of the molecule is c1ccc(-c2c(-c3c4ccccc4c(-c4ccc(-c5ccccc5)c5c4oc4ccccc45)c4ccccc34)ccc3ccccc23)cc1. The van der Waals surface area contributed by atoms with E-state index >= 15 is 0 Å². The molecule has 49 heavy (non-hydrogen) atoms. The van der Waals surface area contributed by atoms with Crippen molar-refractivity contribution in [3.05, 3.63) is 182 Å². The Morgan fingerprint density at radius 2 is 0.755 bits per heavy atom. The molecule has 1 heteroatoms. The highest BCUT2D eigenvalue weighted by Crippen LogP contribution is 2.50. The quantitative estimate of drug-likeness (QED) is 0.178. The van der Waals surface area contributed by atoms with E-state index in [-0.39, 0.29) is 0 Å². The van der Waals surface area contributed by atoms with Crippen molar-refractivity contribution in [3.63, 3.8) is 0 Å². The van der Waals surface area contributed by atoms with Crippen LogP contribution >= 0.6 is 0 Å². The van der Waals surface area contributed by atoms with Crippen molar-refractivity contribution in [2.45, 2.75) is 0 Å². The summed E-state index contributed by atoms with van der Waals surface area (Å²) in [7, 11) is 0. The van der Waals surface area contributed by atoms with Crippen LogP contribution in [0.5, 0.6) is 0 Å². The zero-order valence-corrected chi connectivity index (χ0v) is 26.7. The third-order valence-electron chi connectivity index (χ3n) is 10.1. The summed E-state index contributed by atoms with van der Waals surface area (Å²) >= 11 is 0. The lowest BCUT2D eigenvalue weighted by Crippen LogP contribution is -1.94. The van der Waals surface area contributed by atoms with E-state index < -0.39 is 0 Å². The summed E-state index contributed by atoms with van der Waals surface area (Å²) in [5.74, 6) is 0. The molecular weight excluding hydrogens is 593 g/mol. The molecule has 10 aromatic rings. The largest absolute Gasteiger partial charge is 0.455 e. The Morgan fingerprint density at radius 3 is 1.41 bits per heavy atom. The fraction of sp³-hybridized carbons (Fsp3) is 0. The molecule has 228 valence electrons. The fourth-order valence-electron chi connectivity index (χ4n) is 7.99. The molecule has 0 radical (unpaired) electrons. The van der Waals surface area contributed by atoms with Gasteiger partial charge in [0.1, 0.15) is 11.2 Å². The van der Waals surface area contributed by atoms with Gasteiger partial charge >= 0.3 is 0 Å². The predicted octanol–water partition coefficient (Wildman–Crippen LogP) is 13.7. The zero-order valence-electron chi connectivity index (χ0n) is 26.7. The molecule has 10 rings (SSSR count). The summed E-state index contributed by atoms with van der Waals surface area (Å²) in [5.41, 5.74) is 11.4. The molecule has 0 fully saturated rings.